The molecule has 1 aliphatic heterocycles. The van der Waals surface area contributed by atoms with E-state index in [0.717, 1.165) is 6.54 Å². The van der Waals surface area contributed by atoms with E-state index in [1.165, 1.54) is 18.2 Å². The molecule has 1 aromatic carbocycles. The van der Waals surface area contributed by atoms with E-state index in [1.807, 2.05) is 0 Å². The molecular formula is C12H14ClN3O4. The van der Waals surface area contributed by atoms with Crippen LogP contribution in [0.4, 0.5) is 11.4 Å². The Kier molecular flexibility index (Phi) is 4.89. The predicted octanol–water partition coefficient (Wildman–Crippen LogP) is 1.57. The molecule has 0 aliphatic carbocycles. The van der Waals surface area contributed by atoms with Crippen LogP contribution in [0.5, 0.6) is 0 Å². The molecule has 1 heterocycles. The quantitative estimate of drug-likeness (QED) is 0.650. The largest absolute Gasteiger partial charge is 0.375 e. The second-order valence-corrected chi connectivity index (χ2v) is 4.80. The Balaban J connectivity index is 2.03. The van der Waals surface area contributed by atoms with Gasteiger partial charge in [0.2, 0.25) is 5.91 Å². The second kappa shape index (κ2) is 6.65. The molecule has 0 bridgehead atoms. The molecule has 1 saturated heterocycles. The fourth-order valence-electron chi connectivity index (χ4n) is 1.93. The van der Waals surface area contributed by atoms with Gasteiger partial charge in [0.15, 0.2) is 0 Å². The molecule has 1 amide bonds. The van der Waals surface area contributed by atoms with E-state index in [9.17, 15) is 14.9 Å². The highest BCUT2D eigenvalue weighted by Gasteiger charge is 2.20. The second-order valence-electron chi connectivity index (χ2n) is 4.37. The van der Waals surface area contributed by atoms with Gasteiger partial charge in [-0.25, -0.2) is 0 Å². The molecular weight excluding hydrogens is 286 g/mol. The number of morpholine rings is 1. The summed E-state index contributed by atoms with van der Waals surface area (Å²) in [5.74, 6) is -0.343. The molecule has 1 aromatic rings. The van der Waals surface area contributed by atoms with Crippen molar-refractivity contribution in [2.75, 3.05) is 25.0 Å². The molecule has 0 spiro atoms. The maximum absolute atomic E-state index is 11.9. The Morgan fingerprint density at radius 3 is 3.05 bits per heavy atom. The van der Waals surface area contributed by atoms with Gasteiger partial charge in [0.25, 0.3) is 5.69 Å². The first kappa shape index (κ1) is 14.7. The van der Waals surface area contributed by atoms with Crippen molar-refractivity contribution in [1.82, 2.24) is 5.32 Å². The van der Waals surface area contributed by atoms with Gasteiger partial charge in [0.1, 0.15) is 5.69 Å². The molecule has 1 atom stereocenters. The number of benzene rings is 1. The third kappa shape index (κ3) is 3.89. The fraction of sp³-hybridized carbons (Fsp3) is 0.417. The van der Waals surface area contributed by atoms with Crippen LogP contribution in [-0.4, -0.2) is 36.6 Å². The van der Waals surface area contributed by atoms with Gasteiger partial charge in [-0.1, -0.05) is 11.6 Å². The average Bonchev–Trinajstić information content (AvgIpc) is 2.39. The highest BCUT2D eigenvalue weighted by molar-refractivity contribution is 6.31. The summed E-state index contributed by atoms with van der Waals surface area (Å²) in [4.78, 5) is 22.2. The summed E-state index contributed by atoms with van der Waals surface area (Å²) in [6.07, 6.45) is -0.0848. The van der Waals surface area contributed by atoms with Crippen molar-refractivity contribution in [3.63, 3.8) is 0 Å². The molecule has 1 fully saturated rings. The number of carbonyl (C=O) groups excluding carboxylic acids is 1. The normalized spacial score (nSPS) is 18.6. The summed E-state index contributed by atoms with van der Waals surface area (Å²) >= 11 is 5.79. The van der Waals surface area contributed by atoms with E-state index in [2.05, 4.69) is 10.6 Å². The fourth-order valence-corrected chi connectivity index (χ4v) is 2.10. The van der Waals surface area contributed by atoms with E-state index < -0.39 is 4.92 Å². The molecule has 20 heavy (non-hydrogen) atoms. The van der Waals surface area contributed by atoms with Crippen molar-refractivity contribution in [1.29, 1.82) is 0 Å². The third-order valence-corrected chi connectivity index (χ3v) is 3.08. The summed E-state index contributed by atoms with van der Waals surface area (Å²) < 4.78 is 5.40. The topological polar surface area (TPSA) is 93.5 Å². The van der Waals surface area contributed by atoms with Crippen LogP contribution in [0.1, 0.15) is 6.42 Å². The van der Waals surface area contributed by atoms with Gasteiger partial charge < -0.3 is 15.4 Å². The number of hydrogen-bond acceptors (Lipinski definition) is 5. The van der Waals surface area contributed by atoms with Crippen molar-refractivity contribution in [3.05, 3.63) is 33.3 Å². The Morgan fingerprint density at radius 1 is 1.60 bits per heavy atom. The molecule has 1 aliphatic rings. The monoisotopic (exact) mass is 299 g/mol. The number of halogens is 1. The van der Waals surface area contributed by atoms with Gasteiger partial charge in [-0.15, -0.1) is 0 Å². The van der Waals surface area contributed by atoms with E-state index in [4.69, 9.17) is 16.3 Å². The van der Waals surface area contributed by atoms with Gasteiger partial charge in [-0.2, -0.15) is 0 Å². The Hall–Kier alpha value is -1.70. The standard InChI is InChI=1S/C12H14ClN3O4/c13-8-1-2-11(16(18)19)10(5-8)15-12(17)6-9-7-14-3-4-20-9/h1-2,5,9,14H,3-4,6-7H2,(H,15,17). The number of rotatable bonds is 4. The molecule has 0 saturated carbocycles. The van der Waals surface area contributed by atoms with Gasteiger partial charge >= 0.3 is 0 Å². The van der Waals surface area contributed by atoms with Crippen molar-refractivity contribution >= 4 is 28.9 Å². The lowest BCUT2D eigenvalue weighted by Gasteiger charge is -2.23. The zero-order valence-electron chi connectivity index (χ0n) is 10.6. The minimum absolute atomic E-state index is 0.0938. The summed E-state index contributed by atoms with van der Waals surface area (Å²) in [5, 5.41) is 16.8. The molecule has 2 N–H and O–H groups in total. The van der Waals surface area contributed by atoms with Crippen molar-refractivity contribution in [2.24, 2.45) is 0 Å². The molecule has 8 heteroatoms. The van der Waals surface area contributed by atoms with E-state index in [-0.39, 0.29) is 29.8 Å². The predicted molar refractivity (Wildman–Crippen MR) is 74.0 cm³/mol. The number of hydrogen-bond donors (Lipinski definition) is 2. The van der Waals surface area contributed by atoms with Crippen molar-refractivity contribution in [2.45, 2.75) is 12.5 Å². The van der Waals surface area contributed by atoms with Crippen LogP contribution in [0.15, 0.2) is 18.2 Å². The first-order chi connectivity index (χ1) is 9.56. The smallest absolute Gasteiger partial charge is 0.292 e. The Morgan fingerprint density at radius 2 is 2.40 bits per heavy atom. The summed E-state index contributed by atoms with van der Waals surface area (Å²) in [6, 6.07) is 4.03. The number of nitro groups is 1. The van der Waals surface area contributed by atoms with Crippen LogP contribution >= 0.6 is 11.6 Å². The maximum atomic E-state index is 11.9. The number of nitrogens with zero attached hydrogens (tertiary/aromatic N) is 1. The van der Waals surface area contributed by atoms with Crippen LogP contribution in [0.3, 0.4) is 0 Å². The van der Waals surface area contributed by atoms with E-state index in [0.29, 0.717) is 18.2 Å². The minimum atomic E-state index is -0.565. The van der Waals surface area contributed by atoms with Crippen LogP contribution in [0.25, 0.3) is 0 Å². The summed E-state index contributed by atoms with van der Waals surface area (Å²) in [7, 11) is 0. The van der Waals surface area contributed by atoms with Gasteiger partial charge in [0.05, 0.1) is 24.1 Å². The van der Waals surface area contributed by atoms with Crippen LogP contribution < -0.4 is 10.6 Å². The van der Waals surface area contributed by atoms with E-state index in [1.54, 1.807) is 0 Å². The minimum Gasteiger partial charge on any atom is -0.375 e. The zero-order valence-corrected chi connectivity index (χ0v) is 11.4. The third-order valence-electron chi connectivity index (χ3n) is 2.85. The Bertz CT molecular complexity index is 517. The summed E-state index contributed by atoms with van der Waals surface area (Å²) in [6.45, 7) is 1.90. The van der Waals surface area contributed by atoms with Crippen LogP contribution in [0, 0.1) is 10.1 Å². The molecule has 0 radical (unpaired) electrons. The zero-order chi connectivity index (χ0) is 14.5. The summed E-state index contributed by atoms with van der Waals surface area (Å²) in [5.41, 5.74) is -0.0956. The SMILES string of the molecule is O=C(CC1CNCCO1)Nc1cc(Cl)ccc1[N+](=O)[O-]. The number of ether oxygens (including phenoxy) is 1. The first-order valence-electron chi connectivity index (χ1n) is 6.12. The van der Waals surface area contributed by atoms with Crippen molar-refractivity contribution in [3.8, 4) is 0 Å². The number of carbonyl (C=O) groups is 1. The highest BCUT2D eigenvalue weighted by Crippen LogP contribution is 2.27. The van der Waals surface area contributed by atoms with Gasteiger partial charge in [0, 0.05) is 24.2 Å². The molecule has 0 aromatic heterocycles. The van der Waals surface area contributed by atoms with Crippen LogP contribution in [0.2, 0.25) is 5.02 Å². The lowest BCUT2D eigenvalue weighted by atomic mass is 10.2. The lowest BCUT2D eigenvalue weighted by Crippen LogP contribution is -2.40. The van der Waals surface area contributed by atoms with Crippen molar-refractivity contribution < 1.29 is 14.5 Å². The Labute approximate surface area is 120 Å². The molecule has 108 valence electrons. The van der Waals surface area contributed by atoms with Gasteiger partial charge in [-0.05, 0) is 12.1 Å². The number of nitrogens with one attached hydrogen (secondary N) is 2. The van der Waals surface area contributed by atoms with Crippen LogP contribution in [-0.2, 0) is 9.53 Å². The number of anilines is 1. The van der Waals surface area contributed by atoms with E-state index >= 15 is 0 Å². The first-order valence-corrected chi connectivity index (χ1v) is 6.50. The average molecular weight is 300 g/mol. The molecule has 7 nitrogen and oxygen atoms in total. The number of amides is 1. The highest BCUT2D eigenvalue weighted by atomic mass is 35.5. The molecule has 2 rings (SSSR count). The molecule has 1 unspecified atom stereocenters. The van der Waals surface area contributed by atoms with Gasteiger partial charge in [-0.3, -0.25) is 14.9 Å². The number of nitro benzene ring substituents is 1. The lowest BCUT2D eigenvalue weighted by molar-refractivity contribution is -0.383. The maximum Gasteiger partial charge on any atom is 0.292 e.